The Balaban J connectivity index is 1.80. The van der Waals surface area contributed by atoms with Gasteiger partial charge in [0.25, 0.3) is 5.91 Å². The van der Waals surface area contributed by atoms with Crippen molar-refractivity contribution < 1.29 is 4.79 Å². The number of halogens is 2. The van der Waals surface area contributed by atoms with Gasteiger partial charge in [-0.2, -0.15) is 5.10 Å². The summed E-state index contributed by atoms with van der Waals surface area (Å²) in [4.78, 5) is 12.4. The normalized spacial score (nSPS) is 15.8. The van der Waals surface area contributed by atoms with Gasteiger partial charge in [-0.3, -0.25) is 9.48 Å². The van der Waals surface area contributed by atoms with Gasteiger partial charge in [0.1, 0.15) is 0 Å². The summed E-state index contributed by atoms with van der Waals surface area (Å²) < 4.78 is 1.86. The monoisotopic (exact) mass is 323 g/mol. The number of benzene rings is 1. The van der Waals surface area contributed by atoms with Crippen LogP contribution >= 0.6 is 23.2 Å². The van der Waals surface area contributed by atoms with Crippen LogP contribution in [0.15, 0.2) is 30.6 Å². The Morgan fingerprint density at radius 1 is 1.33 bits per heavy atom. The summed E-state index contributed by atoms with van der Waals surface area (Å²) in [6.45, 7) is 2.84. The quantitative estimate of drug-likeness (QED) is 0.933. The molecule has 3 rings (SSSR count). The zero-order valence-electron chi connectivity index (χ0n) is 11.6. The lowest BCUT2D eigenvalue weighted by Crippen LogP contribution is -2.34. The number of carbonyl (C=O) groups is 1. The maximum atomic E-state index is 12.4. The van der Waals surface area contributed by atoms with E-state index in [1.807, 2.05) is 24.0 Å². The number of nitrogens with zero attached hydrogens (tertiary/aromatic N) is 2. The maximum Gasteiger partial charge on any atom is 0.252 e. The van der Waals surface area contributed by atoms with E-state index in [2.05, 4.69) is 10.4 Å². The smallest absolute Gasteiger partial charge is 0.252 e. The second kappa shape index (κ2) is 5.35. The summed E-state index contributed by atoms with van der Waals surface area (Å²) in [5.41, 5.74) is 1.23. The molecule has 1 fully saturated rings. The van der Waals surface area contributed by atoms with E-state index in [1.54, 1.807) is 18.2 Å². The topological polar surface area (TPSA) is 46.9 Å². The van der Waals surface area contributed by atoms with Gasteiger partial charge in [-0.05, 0) is 38.0 Å². The molecule has 110 valence electrons. The fraction of sp³-hybridized carbons (Fsp3) is 0.333. The molecule has 0 saturated heterocycles. The summed E-state index contributed by atoms with van der Waals surface area (Å²) in [5.74, 6) is -0.166. The summed E-state index contributed by atoms with van der Waals surface area (Å²) in [5, 5.41) is 8.26. The summed E-state index contributed by atoms with van der Waals surface area (Å²) in [7, 11) is 0. The van der Waals surface area contributed by atoms with Crippen molar-refractivity contribution in [1.29, 1.82) is 0 Å². The first-order chi connectivity index (χ1) is 10.0. The fourth-order valence-electron chi connectivity index (χ4n) is 2.37. The zero-order valence-corrected chi connectivity index (χ0v) is 13.1. The van der Waals surface area contributed by atoms with Crippen LogP contribution in [0, 0.1) is 0 Å². The molecule has 4 nitrogen and oxygen atoms in total. The Labute approximate surface area is 133 Å². The van der Waals surface area contributed by atoms with Crippen LogP contribution in [0.5, 0.6) is 0 Å². The van der Waals surface area contributed by atoms with E-state index < -0.39 is 0 Å². The van der Waals surface area contributed by atoms with E-state index >= 15 is 0 Å². The molecule has 2 aromatic rings. The number of aromatic nitrogens is 2. The lowest BCUT2D eigenvalue weighted by Gasteiger charge is -2.16. The zero-order chi connectivity index (χ0) is 15.0. The molecule has 21 heavy (non-hydrogen) atoms. The second-order valence-corrected chi connectivity index (χ2v) is 6.15. The Bertz CT molecular complexity index is 672. The summed E-state index contributed by atoms with van der Waals surface area (Å²) >= 11 is 11.9. The van der Waals surface area contributed by atoms with E-state index in [9.17, 15) is 4.79 Å². The number of hydrogen-bond acceptors (Lipinski definition) is 2. The first-order valence-electron chi connectivity index (χ1n) is 6.84. The average Bonchev–Trinajstić information content (AvgIpc) is 3.04. The molecule has 0 spiro atoms. The van der Waals surface area contributed by atoms with Gasteiger partial charge < -0.3 is 5.32 Å². The molecule has 1 N–H and O–H groups in total. The standard InChI is InChI=1S/C15H15Cl2N3O/c1-2-20-9-11(8-18-20)15(3-4-15)19-14(21)10-5-12(16)7-13(17)6-10/h5-9H,2-4H2,1H3,(H,19,21). The third kappa shape index (κ3) is 2.92. The average molecular weight is 324 g/mol. The number of rotatable bonds is 4. The van der Waals surface area contributed by atoms with Crippen LogP contribution in [0.2, 0.25) is 10.0 Å². The molecule has 1 amide bonds. The highest BCUT2D eigenvalue weighted by Gasteiger charge is 2.46. The van der Waals surface area contributed by atoms with Crippen LogP contribution in [0.4, 0.5) is 0 Å². The van der Waals surface area contributed by atoms with E-state index in [0.29, 0.717) is 15.6 Å². The van der Waals surface area contributed by atoms with Gasteiger partial charge in [0, 0.05) is 33.9 Å². The van der Waals surface area contributed by atoms with Crippen LogP contribution in [0.25, 0.3) is 0 Å². The van der Waals surface area contributed by atoms with Gasteiger partial charge in [0.05, 0.1) is 11.7 Å². The molecule has 1 saturated carbocycles. The van der Waals surface area contributed by atoms with E-state index in [-0.39, 0.29) is 11.4 Å². The number of amides is 1. The van der Waals surface area contributed by atoms with Gasteiger partial charge in [0.2, 0.25) is 0 Å². The lowest BCUT2D eigenvalue weighted by molar-refractivity contribution is 0.0931. The molecule has 1 aliphatic rings. The molecule has 0 radical (unpaired) electrons. The highest BCUT2D eigenvalue weighted by atomic mass is 35.5. The summed E-state index contributed by atoms with van der Waals surface area (Å²) in [6, 6.07) is 4.85. The van der Waals surface area contributed by atoms with Gasteiger partial charge in [-0.15, -0.1) is 0 Å². The predicted octanol–water partition coefficient (Wildman–Crippen LogP) is 3.63. The molecule has 1 heterocycles. The molecular formula is C15H15Cl2N3O. The van der Waals surface area contributed by atoms with Crippen molar-refractivity contribution in [3.63, 3.8) is 0 Å². The Morgan fingerprint density at radius 3 is 2.52 bits per heavy atom. The first kappa shape index (κ1) is 14.4. The Morgan fingerprint density at radius 2 is 2.00 bits per heavy atom. The predicted molar refractivity (Wildman–Crippen MR) is 82.7 cm³/mol. The van der Waals surface area contributed by atoms with Crippen LogP contribution in [0.1, 0.15) is 35.7 Å². The van der Waals surface area contributed by atoms with Gasteiger partial charge in [0.15, 0.2) is 0 Å². The minimum Gasteiger partial charge on any atom is -0.342 e. The molecule has 1 aliphatic carbocycles. The Hall–Kier alpha value is -1.52. The van der Waals surface area contributed by atoms with Crippen molar-refractivity contribution in [2.45, 2.75) is 31.8 Å². The lowest BCUT2D eigenvalue weighted by atomic mass is 10.1. The van der Waals surface area contributed by atoms with Crippen LogP contribution in [-0.2, 0) is 12.1 Å². The largest absolute Gasteiger partial charge is 0.342 e. The molecule has 6 heteroatoms. The first-order valence-corrected chi connectivity index (χ1v) is 7.59. The molecule has 0 unspecified atom stereocenters. The number of hydrogen-bond donors (Lipinski definition) is 1. The van der Waals surface area contributed by atoms with Gasteiger partial charge in [-0.1, -0.05) is 23.2 Å². The van der Waals surface area contributed by atoms with Crippen molar-refractivity contribution in [1.82, 2.24) is 15.1 Å². The van der Waals surface area contributed by atoms with Crippen molar-refractivity contribution in [3.8, 4) is 0 Å². The third-order valence-electron chi connectivity index (χ3n) is 3.74. The minimum absolute atomic E-state index is 0.166. The fourth-order valence-corrected chi connectivity index (χ4v) is 2.89. The molecular weight excluding hydrogens is 309 g/mol. The molecule has 1 aromatic heterocycles. The van der Waals surface area contributed by atoms with Gasteiger partial charge in [-0.25, -0.2) is 0 Å². The maximum absolute atomic E-state index is 12.4. The number of nitrogens with one attached hydrogen (secondary N) is 1. The molecule has 0 aliphatic heterocycles. The molecule has 0 bridgehead atoms. The van der Waals surface area contributed by atoms with Gasteiger partial charge >= 0.3 is 0 Å². The van der Waals surface area contributed by atoms with Crippen LogP contribution in [-0.4, -0.2) is 15.7 Å². The van der Waals surface area contributed by atoms with Crippen LogP contribution < -0.4 is 5.32 Å². The van der Waals surface area contributed by atoms with Crippen LogP contribution in [0.3, 0.4) is 0 Å². The van der Waals surface area contributed by atoms with Crippen molar-refractivity contribution in [2.75, 3.05) is 0 Å². The van der Waals surface area contributed by atoms with Crippen molar-refractivity contribution >= 4 is 29.1 Å². The van der Waals surface area contributed by atoms with E-state index in [0.717, 1.165) is 24.9 Å². The van der Waals surface area contributed by atoms with Crippen molar-refractivity contribution in [3.05, 3.63) is 51.8 Å². The summed E-state index contributed by atoms with van der Waals surface area (Å²) in [6.07, 6.45) is 5.64. The molecule has 1 aromatic carbocycles. The SMILES string of the molecule is CCn1cc(C2(NC(=O)c3cc(Cl)cc(Cl)c3)CC2)cn1. The third-order valence-corrected chi connectivity index (χ3v) is 4.17. The Kier molecular flexibility index (Phi) is 3.68. The van der Waals surface area contributed by atoms with E-state index in [1.165, 1.54) is 0 Å². The highest BCUT2D eigenvalue weighted by Crippen LogP contribution is 2.45. The molecule has 0 atom stereocenters. The van der Waals surface area contributed by atoms with Crippen molar-refractivity contribution in [2.24, 2.45) is 0 Å². The number of carbonyl (C=O) groups excluding carboxylic acids is 1. The van der Waals surface area contributed by atoms with E-state index in [4.69, 9.17) is 23.2 Å². The minimum atomic E-state index is -0.292. The highest BCUT2D eigenvalue weighted by molar-refractivity contribution is 6.35. The number of aryl methyl sites for hydroxylation is 1. The second-order valence-electron chi connectivity index (χ2n) is 5.28.